The first-order chi connectivity index (χ1) is 12.0. The highest BCUT2D eigenvalue weighted by Crippen LogP contribution is 2.35. The van der Waals surface area contributed by atoms with Crippen molar-refractivity contribution < 1.29 is 59.6 Å². The number of methoxy groups -OCH3 is 1. The largest absolute Gasteiger partial charge is 0.504 e. The normalized spacial score (nSPS) is 15.4. The van der Waals surface area contributed by atoms with Crippen LogP contribution in [0.4, 0.5) is 0 Å². The maximum atomic E-state index is 12.0. The van der Waals surface area contributed by atoms with E-state index >= 15 is 0 Å². The second-order valence-electron chi connectivity index (χ2n) is 4.98. The van der Waals surface area contributed by atoms with Crippen LogP contribution >= 0.6 is 0 Å². The lowest BCUT2D eigenvalue weighted by molar-refractivity contribution is -0.174. The molecule has 1 aromatic rings. The average Bonchev–Trinajstić information content (AvgIpc) is 2.60. The molecule has 4 atom stereocenters. The van der Waals surface area contributed by atoms with Gasteiger partial charge in [-0.2, -0.15) is 0 Å². The van der Waals surface area contributed by atoms with Crippen LogP contribution in [0.1, 0.15) is 10.4 Å². The van der Waals surface area contributed by atoms with Crippen LogP contribution in [0.3, 0.4) is 0 Å². The van der Waals surface area contributed by atoms with E-state index in [0.29, 0.717) is 12.1 Å². The van der Waals surface area contributed by atoms with Crippen LogP contribution in [-0.2, 0) is 19.1 Å². The minimum Gasteiger partial charge on any atom is -0.504 e. The van der Waals surface area contributed by atoms with Gasteiger partial charge >= 0.3 is 17.9 Å². The summed E-state index contributed by atoms with van der Waals surface area (Å²) in [6.07, 6.45) is -9.57. The molecule has 12 heteroatoms. The lowest BCUT2D eigenvalue weighted by Gasteiger charge is -2.26. The first-order valence-electron chi connectivity index (χ1n) is 6.82. The van der Waals surface area contributed by atoms with Crippen molar-refractivity contribution in [3.05, 3.63) is 17.7 Å². The van der Waals surface area contributed by atoms with Crippen LogP contribution < -0.4 is 0 Å². The van der Waals surface area contributed by atoms with Gasteiger partial charge in [-0.3, -0.25) is 0 Å². The second-order valence-corrected chi connectivity index (χ2v) is 4.98. The predicted octanol–water partition coefficient (Wildman–Crippen LogP) is -2.33. The van der Waals surface area contributed by atoms with Crippen LogP contribution in [0.15, 0.2) is 12.1 Å². The van der Waals surface area contributed by atoms with Gasteiger partial charge in [-0.05, 0) is 12.1 Å². The van der Waals surface area contributed by atoms with Gasteiger partial charge < -0.3 is 45.2 Å². The Kier molecular flexibility index (Phi) is 6.71. The molecule has 0 bridgehead atoms. The quantitative estimate of drug-likeness (QED) is 0.197. The maximum absolute atomic E-state index is 12.0. The molecule has 0 aliphatic heterocycles. The monoisotopic (exact) mass is 376 g/mol. The minimum absolute atomic E-state index is 0.563. The van der Waals surface area contributed by atoms with Crippen molar-refractivity contribution >= 4 is 17.9 Å². The highest BCUT2D eigenvalue weighted by molar-refractivity contribution is 5.93. The number of carbonyl (C=O) groups excluding carboxylic acids is 2. The number of aliphatic hydroxyl groups is 3. The van der Waals surface area contributed by atoms with Gasteiger partial charge in [0.25, 0.3) is 0 Å². The summed E-state index contributed by atoms with van der Waals surface area (Å²) in [5, 5.41) is 65.2. The molecule has 0 aliphatic rings. The molecule has 0 saturated heterocycles. The van der Waals surface area contributed by atoms with E-state index in [1.165, 1.54) is 0 Å². The van der Waals surface area contributed by atoms with Gasteiger partial charge in [-0.1, -0.05) is 0 Å². The fourth-order valence-electron chi connectivity index (χ4n) is 1.79. The zero-order valence-corrected chi connectivity index (χ0v) is 13.1. The molecular formula is C14H16O12. The summed E-state index contributed by atoms with van der Waals surface area (Å²) in [6, 6.07) is 1.33. The van der Waals surface area contributed by atoms with Gasteiger partial charge in [0.1, 0.15) is 12.2 Å². The number of carboxylic acid groups (broad SMARTS) is 1. The van der Waals surface area contributed by atoms with Crippen molar-refractivity contribution in [2.45, 2.75) is 24.4 Å². The van der Waals surface area contributed by atoms with Gasteiger partial charge in [-0.25, -0.2) is 14.4 Å². The molecule has 0 fully saturated rings. The number of esters is 2. The SMILES string of the molecule is COC(=O)[C@H](OC(=O)c1cc(O)c(O)c(O)c1)[C@@H](O)[C@@H](O)[C@H](O)C(=O)O. The Hall–Kier alpha value is -3.09. The van der Waals surface area contributed by atoms with Crippen molar-refractivity contribution in [3.63, 3.8) is 0 Å². The highest BCUT2D eigenvalue weighted by atomic mass is 16.6. The van der Waals surface area contributed by atoms with E-state index in [0.717, 1.165) is 7.11 Å². The van der Waals surface area contributed by atoms with Gasteiger partial charge in [0.2, 0.25) is 6.10 Å². The van der Waals surface area contributed by atoms with Crippen molar-refractivity contribution in [1.82, 2.24) is 0 Å². The molecule has 0 heterocycles. The Bertz CT molecular complexity index is 676. The number of ether oxygens (including phenoxy) is 2. The Morgan fingerprint density at radius 1 is 0.962 bits per heavy atom. The number of hydrogen-bond acceptors (Lipinski definition) is 11. The molecule has 1 rings (SSSR count). The van der Waals surface area contributed by atoms with Crippen molar-refractivity contribution in [3.8, 4) is 17.2 Å². The molecule has 0 saturated carbocycles. The van der Waals surface area contributed by atoms with Gasteiger partial charge in [0, 0.05) is 0 Å². The zero-order valence-electron chi connectivity index (χ0n) is 13.1. The Balaban J connectivity index is 3.10. The third-order valence-corrected chi connectivity index (χ3v) is 3.21. The molecule has 0 spiro atoms. The molecular weight excluding hydrogens is 360 g/mol. The van der Waals surface area contributed by atoms with E-state index in [1.807, 2.05) is 0 Å². The first kappa shape index (κ1) is 21.0. The zero-order chi connectivity index (χ0) is 20.2. The third kappa shape index (κ3) is 4.50. The molecule has 0 amide bonds. The lowest BCUT2D eigenvalue weighted by atomic mass is 10.0. The molecule has 0 aliphatic carbocycles. The fourth-order valence-corrected chi connectivity index (χ4v) is 1.79. The average molecular weight is 376 g/mol. The molecule has 1 aromatic carbocycles. The Morgan fingerprint density at radius 2 is 1.46 bits per heavy atom. The number of aromatic hydroxyl groups is 3. The van der Waals surface area contributed by atoms with Gasteiger partial charge in [-0.15, -0.1) is 0 Å². The van der Waals surface area contributed by atoms with E-state index in [2.05, 4.69) is 9.47 Å². The summed E-state index contributed by atoms with van der Waals surface area (Å²) < 4.78 is 8.89. The number of aliphatic carboxylic acids is 1. The van der Waals surface area contributed by atoms with Crippen molar-refractivity contribution in [1.29, 1.82) is 0 Å². The number of carboxylic acids is 1. The van der Waals surface area contributed by atoms with Crippen LogP contribution in [0, 0.1) is 0 Å². The van der Waals surface area contributed by atoms with E-state index in [1.54, 1.807) is 0 Å². The van der Waals surface area contributed by atoms with Crippen molar-refractivity contribution in [2.24, 2.45) is 0 Å². The van der Waals surface area contributed by atoms with E-state index < -0.39 is 65.1 Å². The van der Waals surface area contributed by atoms with Gasteiger partial charge in [0.05, 0.1) is 12.7 Å². The minimum atomic E-state index is -2.50. The standard InChI is InChI=1S/C14H16O12/c1-25-14(24)11(9(19)8(18)10(20)12(21)22)26-13(23)4-2-5(15)7(17)6(16)3-4/h2-3,8-11,15-20H,1H3,(H,21,22)/t8-,9+,10+,11-/m1/s1. The lowest BCUT2D eigenvalue weighted by Crippen LogP contribution is -2.51. The Morgan fingerprint density at radius 3 is 1.88 bits per heavy atom. The summed E-state index contributed by atoms with van der Waals surface area (Å²) in [7, 11) is 0.841. The molecule has 0 aromatic heterocycles. The third-order valence-electron chi connectivity index (χ3n) is 3.21. The Labute approximate surface area is 145 Å². The van der Waals surface area contributed by atoms with Crippen LogP contribution in [0.2, 0.25) is 0 Å². The topological polar surface area (TPSA) is 211 Å². The maximum Gasteiger partial charge on any atom is 0.350 e. The number of aliphatic hydroxyl groups excluding tert-OH is 3. The smallest absolute Gasteiger partial charge is 0.350 e. The van der Waals surface area contributed by atoms with Crippen molar-refractivity contribution in [2.75, 3.05) is 7.11 Å². The summed E-state index contributed by atoms with van der Waals surface area (Å²) in [6.45, 7) is 0. The molecule has 144 valence electrons. The summed E-state index contributed by atoms with van der Waals surface area (Å²) in [4.78, 5) is 34.3. The number of carbonyl (C=O) groups is 3. The van der Waals surface area contributed by atoms with Crippen LogP contribution in [0.25, 0.3) is 0 Å². The van der Waals surface area contributed by atoms with E-state index in [4.69, 9.17) is 5.11 Å². The van der Waals surface area contributed by atoms with Crippen LogP contribution in [0.5, 0.6) is 17.2 Å². The molecule has 7 N–H and O–H groups in total. The van der Waals surface area contributed by atoms with Crippen LogP contribution in [-0.4, -0.2) is 85.2 Å². The molecule has 12 nitrogen and oxygen atoms in total. The number of benzene rings is 1. The number of rotatable bonds is 7. The molecule has 0 radical (unpaired) electrons. The predicted molar refractivity (Wildman–Crippen MR) is 78.3 cm³/mol. The fraction of sp³-hybridized carbons (Fsp3) is 0.357. The molecule has 0 unspecified atom stereocenters. The number of phenols is 3. The summed E-state index contributed by atoms with van der Waals surface area (Å²) in [5.41, 5.74) is -0.563. The number of phenolic OH excluding ortho intramolecular Hbond substituents is 3. The van der Waals surface area contributed by atoms with E-state index in [9.17, 15) is 45.0 Å². The van der Waals surface area contributed by atoms with Gasteiger partial charge in [0.15, 0.2) is 23.4 Å². The molecule has 26 heavy (non-hydrogen) atoms. The number of hydrogen-bond donors (Lipinski definition) is 7. The summed E-state index contributed by atoms with van der Waals surface area (Å²) in [5.74, 6) is -7.44. The summed E-state index contributed by atoms with van der Waals surface area (Å²) >= 11 is 0. The second kappa shape index (κ2) is 8.33. The highest BCUT2D eigenvalue weighted by Gasteiger charge is 2.41. The van der Waals surface area contributed by atoms with E-state index in [-0.39, 0.29) is 0 Å². The first-order valence-corrected chi connectivity index (χ1v) is 6.82.